The fraction of sp³-hybridized carbons (Fsp3) is 0.652. The summed E-state index contributed by atoms with van der Waals surface area (Å²) in [5.41, 5.74) is 1.53. The molecule has 0 aromatic heterocycles. The average molecular weight is 328 g/mol. The Balaban J connectivity index is 2.16. The molecule has 3 atom stereocenters. The number of rotatable bonds is 7. The molecular formula is C23H37N. The number of hydrogen-bond donors (Lipinski definition) is 1. The fourth-order valence-electron chi connectivity index (χ4n) is 4.15. The van der Waals surface area contributed by atoms with E-state index in [4.69, 9.17) is 0 Å². The minimum Gasteiger partial charge on any atom is -0.304 e. The Kier molecular flexibility index (Phi) is 5.96. The molecule has 1 heteroatoms. The third-order valence-electron chi connectivity index (χ3n) is 6.24. The molecule has 24 heavy (non-hydrogen) atoms. The molecule has 0 spiro atoms. The van der Waals surface area contributed by atoms with Gasteiger partial charge in [-0.2, -0.15) is 0 Å². The van der Waals surface area contributed by atoms with E-state index < -0.39 is 0 Å². The highest BCUT2D eigenvalue weighted by molar-refractivity contribution is 5.24. The van der Waals surface area contributed by atoms with Gasteiger partial charge in [0.2, 0.25) is 0 Å². The van der Waals surface area contributed by atoms with Crippen LogP contribution in [-0.2, 0) is 0 Å². The topological polar surface area (TPSA) is 12.0 Å². The average Bonchev–Trinajstić information content (AvgIpc) is 3.08. The van der Waals surface area contributed by atoms with Crippen LogP contribution in [0, 0.1) is 23.2 Å². The van der Waals surface area contributed by atoms with E-state index in [0.29, 0.717) is 23.8 Å². The Morgan fingerprint density at radius 2 is 1.75 bits per heavy atom. The molecule has 0 bridgehead atoms. The molecule has 0 radical (unpaired) electrons. The second-order valence-electron chi connectivity index (χ2n) is 9.10. The van der Waals surface area contributed by atoms with Gasteiger partial charge in [-0.1, -0.05) is 76.3 Å². The van der Waals surface area contributed by atoms with Crippen LogP contribution in [0.1, 0.15) is 60.8 Å². The highest BCUT2D eigenvalue weighted by Gasteiger charge is 2.39. The van der Waals surface area contributed by atoms with Crippen molar-refractivity contribution in [3.05, 3.63) is 48.6 Å². The Labute approximate surface area is 150 Å². The van der Waals surface area contributed by atoms with Crippen LogP contribution in [0.5, 0.6) is 0 Å². The van der Waals surface area contributed by atoms with Gasteiger partial charge in [0.25, 0.3) is 0 Å². The van der Waals surface area contributed by atoms with Crippen molar-refractivity contribution in [1.82, 2.24) is 5.32 Å². The number of nitrogens with one attached hydrogen (secondary N) is 1. The molecule has 0 amide bonds. The molecule has 0 heterocycles. The predicted molar refractivity (Wildman–Crippen MR) is 107 cm³/mol. The zero-order chi connectivity index (χ0) is 18.0. The lowest BCUT2D eigenvalue weighted by Gasteiger charge is -2.44. The first-order chi connectivity index (χ1) is 11.2. The summed E-state index contributed by atoms with van der Waals surface area (Å²) in [6.45, 7) is 18.7. The van der Waals surface area contributed by atoms with Crippen LogP contribution < -0.4 is 5.32 Å². The molecule has 0 aromatic carbocycles. The van der Waals surface area contributed by atoms with E-state index in [1.807, 2.05) is 0 Å². The smallest absolute Gasteiger partial charge is 0.0310 e. The molecule has 134 valence electrons. The normalized spacial score (nSPS) is 25.5. The van der Waals surface area contributed by atoms with Gasteiger partial charge in [0.15, 0.2) is 0 Å². The van der Waals surface area contributed by atoms with Crippen molar-refractivity contribution in [3.63, 3.8) is 0 Å². The monoisotopic (exact) mass is 327 g/mol. The Bertz CT molecular complexity index is 530. The molecule has 1 nitrogen and oxygen atoms in total. The van der Waals surface area contributed by atoms with E-state index in [0.717, 1.165) is 6.42 Å². The molecular weight excluding hydrogens is 290 g/mol. The van der Waals surface area contributed by atoms with Gasteiger partial charge in [0.1, 0.15) is 0 Å². The Morgan fingerprint density at radius 3 is 2.25 bits per heavy atom. The molecule has 0 saturated heterocycles. The van der Waals surface area contributed by atoms with Gasteiger partial charge in [0, 0.05) is 11.6 Å². The third kappa shape index (κ3) is 4.11. The van der Waals surface area contributed by atoms with E-state index in [9.17, 15) is 0 Å². The third-order valence-corrected chi connectivity index (χ3v) is 6.24. The molecule has 0 fully saturated rings. The summed E-state index contributed by atoms with van der Waals surface area (Å²) in [6, 6.07) is 0.336. The van der Waals surface area contributed by atoms with Crippen molar-refractivity contribution >= 4 is 0 Å². The molecule has 2 aliphatic carbocycles. The second-order valence-corrected chi connectivity index (χ2v) is 9.10. The lowest BCUT2D eigenvalue weighted by molar-refractivity contribution is 0.213. The molecule has 0 aliphatic heterocycles. The quantitative estimate of drug-likeness (QED) is 0.560. The minimum atomic E-state index is 0.0881. The van der Waals surface area contributed by atoms with Crippen LogP contribution in [0.2, 0.25) is 0 Å². The van der Waals surface area contributed by atoms with Gasteiger partial charge < -0.3 is 5.32 Å². The van der Waals surface area contributed by atoms with Crippen LogP contribution in [0.3, 0.4) is 0 Å². The van der Waals surface area contributed by atoms with Crippen LogP contribution in [-0.4, -0.2) is 11.6 Å². The molecule has 1 N–H and O–H groups in total. The van der Waals surface area contributed by atoms with Crippen LogP contribution in [0.25, 0.3) is 0 Å². The molecule has 2 aliphatic rings. The van der Waals surface area contributed by atoms with Crippen LogP contribution in [0.4, 0.5) is 0 Å². The van der Waals surface area contributed by atoms with E-state index in [2.05, 4.69) is 89.9 Å². The highest BCUT2D eigenvalue weighted by Crippen LogP contribution is 2.42. The van der Waals surface area contributed by atoms with Crippen molar-refractivity contribution in [2.45, 2.75) is 72.4 Å². The maximum Gasteiger partial charge on any atom is 0.0310 e. The SMILES string of the molecule is C=C(C(NC(C)(C)C1C=CCC1)C(C)C)C(C)(C)C1C=CC=CC1. The van der Waals surface area contributed by atoms with Gasteiger partial charge in [-0.15, -0.1) is 0 Å². The van der Waals surface area contributed by atoms with Gasteiger partial charge in [0.05, 0.1) is 0 Å². The second kappa shape index (κ2) is 7.44. The summed E-state index contributed by atoms with van der Waals surface area (Å²) in [5.74, 6) is 1.68. The maximum absolute atomic E-state index is 4.60. The molecule has 0 aromatic rings. The first-order valence-corrected chi connectivity index (χ1v) is 9.63. The van der Waals surface area contributed by atoms with Gasteiger partial charge in [-0.25, -0.2) is 0 Å². The Morgan fingerprint density at radius 1 is 1.04 bits per heavy atom. The molecule has 3 unspecified atom stereocenters. The van der Waals surface area contributed by atoms with Crippen LogP contribution >= 0.6 is 0 Å². The fourth-order valence-corrected chi connectivity index (χ4v) is 4.15. The summed E-state index contributed by atoms with van der Waals surface area (Å²) in [6.07, 6.45) is 17.3. The summed E-state index contributed by atoms with van der Waals surface area (Å²) >= 11 is 0. The van der Waals surface area contributed by atoms with Gasteiger partial charge in [-0.3, -0.25) is 0 Å². The summed E-state index contributed by atoms with van der Waals surface area (Å²) in [4.78, 5) is 0. The van der Waals surface area contributed by atoms with E-state index >= 15 is 0 Å². The van der Waals surface area contributed by atoms with Crippen molar-refractivity contribution in [3.8, 4) is 0 Å². The number of allylic oxidation sites excluding steroid dienone is 5. The van der Waals surface area contributed by atoms with Gasteiger partial charge in [-0.05, 0) is 56.3 Å². The first-order valence-electron chi connectivity index (χ1n) is 9.63. The largest absolute Gasteiger partial charge is 0.304 e. The lowest BCUT2D eigenvalue weighted by atomic mass is 9.67. The van der Waals surface area contributed by atoms with Crippen LogP contribution in [0.15, 0.2) is 48.6 Å². The van der Waals surface area contributed by atoms with Crippen molar-refractivity contribution in [1.29, 1.82) is 0 Å². The van der Waals surface area contributed by atoms with Crippen molar-refractivity contribution < 1.29 is 0 Å². The minimum absolute atomic E-state index is 0.0881. The summed E-state index contributed by atoms with van der Waals surface area (Å²) in [7, 11) is 0. The van der Waals surface area contributed by atoms with E-state index in [1.54, 1.807) is 0 Å². The predicted octanol–water partition coefficient (Wildman–Crippen LogP) is 6.06. The molecule has 0 saturated carbocycles. The zero-order valence-electron chi connectivity index (χ0n) is 16.6. The highest BCUT2D eigenvalue weighted by atomic mass is 15.0. The maximum atomic E-state index is 4.60. The standard InChI is InChI=1S/C23H37N/c1-17(2)21(24-23(6,7)20-15-11-12-16-20)18(3)22(4,5)19-13-9-8-10-14-19/h8-11,13,15,17,19-21,24H,3,12,14,16H2,1-2,4-7H3. The zero-order valence-corrected chi connectivity index (χ0v) is 16.6. The number of hydrogen-bond acceptors (Lipinski definition) is 1. The van der Waals surface area contributed by atoms with Gasteiger partial charge >= 0.3 is 0 Å². The first kappa shape index (κ1) is 19.2. The van der Waals surface area contributed by atoms with E-state index in [-0.39, 0.29) is 11.0 Å². The van der Waals surface area contributed by atoms with E-state index in [1.165, 1.54) is 18.4 Å². The Hall–Kier alpha value is -1.08. The van der Waals surface area contributed by atoms with Crippen molar-refractivity contribution in [2.24, 2.45) is 23.2 Å². The lowest BCUT2D eigenvalue weighted by Crippen LogP contribution is -2.54. The molecule has 2 rings (SSSR count). The summed E-state index contributed by atoms with van der Waals surface area (Å²) in [5, 5.41) is 3.99. The summed E-state index contributed by atoms with van der Waals surface area (Å²) < 4.78 is 0. The van der Waals surface area contributed by atoms with Crippen molar-refractivity contribution in [2.75, 3.05) is 0 Å².